The summed E-state index contributed by atoms with van der Waals surface area (Å²) in [5.41, 5.74) is -0.0648. The molecular weight excluding hydrogens is 200 g/mol. The molecule has 0 saturated heterocycles. The van der Waals surface area contributed by atoms with Gasteiger partial charge in [0.1, 0.15) is 9.84 Å². The fraction of sp³-hybridized carbons (Fsp3) is 1.00. The molecule has 0 aromatic heterocycles. The minimum Gasteiger partial charge on any atom is -0.396 e. The monoisotopic (exact) mass is 222 g/mol. The van der Waals surface area contributed by atoms with Gasteiger partial charge >= 0.3 is 0 Å². The van der Waals surface area contributed by atoms with E-state index in [1.807, 2.05) is 13.8 Å². The van der Waals surface area contributed by atoms with Crippen molar-refractivity contribution >= 4 is 9.84 Å². The zero-order chi connectivity index (χ0) is 11.2. The predicted octanol–water partition coefficient (Wildman–Crippen LogP) is 1.61. The summed E-state index contributed by atoms with van der Waals surface area (Å²) in [7, 11) is -2.85. The van der Waals surface area contributed by atoms with E-state index in [1.165, 1.54) is 6.26 Å². The standard InChI is InChI=1S/C10H22O3S/c1-4-10(5-2,9-11)7-6-8-14(3,12)13/h11H,4-9H2,1-3H3. The molecule has 0 fully saturated rings. The molecule has 14 heavy (non-hydrogen) atoms. The lowest BCUT2D eigenvalue weighted by Gasteiger charge is -2.29. The maximum atomic E-state index is 10.9. The highest BCUT2D eigenvalue weighted by molar-refractivity contribution is 7.90. The number of hydrogen-bond acceptors (Lipinski definition) is 3. The molecule has 3 nitrogen and oxygen atoms in total. The average molecular weight is 222 g/mol. The van der Waals surface area contributed by atoms with Gasteiger partial charge in [-0.1, -0.05) is 13.8 Å². The topological polar surface area (TPSA) is 54.4 Å². The molecule has 0 aliphatic heterocycles. The zero-order valence-corrected chi connectivity index (χ0v) is 10.2. The van der Waals surface area contributed by atoms with Crippen molar-refractivity contribution in [3.8, 4) is 0 Å². The van der Waals surface area contributed by atoms with E-state index in [9.17, 15) is 13.5 Å². The number of sulfone groups is 1. The van der Waals surface area contributed by atoms with Crippen LogP contribution in [-0.4, -0.2) is 32.1 Å². The highest BCUT2D eigenvalue weighted by Crippen LogP contribution is 2.31. The number of aliphatic hydroxyl groups excluding tert-OH is 1. The maximum absolute atomic E-state index is 10.9. The first-order valence-electron chi connectivity index (χ1n) is 5.17. The highest BCUT2D eigenvalue weighted by Gasteiger charge is 2.24. The molecule has 4 heteroatoms. The van der Waals surface area contributed by atoms with Crippen LogP contribution in [0.25, 0.3) is 0 Å². The van der Waals surface area contributed by atoms with E-state index in [2.05, 4.69) is 0 Å². The highest BCUT2D eigenvalue weighted by atomic mass is 32.2. The summed E-state index contributed by atoms with van der Waals surface area (Å²) in [5.74, 6) is 0.231. The van der Waals surface area contributed by atoms with Crippen molar-refractivity contribution in [2.24, 2.45) is 5.41 Å². The lowest BCUT2D eigenvalue weighted by atomic mass is 9.79. The van der Waals surface area contributed by atoms with Crippen molar-refractivity contribution in [2.75, 3.05) is 18.6 Å². The summed E-state index contributed by atoms with van der Waals surface area (Å²) in [5, 5.41) is 9.26. The molecule has 0 radical (unpaired) electrons. The first-order valence-corrected chi connectivity index (χ1v) is 7.24. The van der Waals surface area contributed by atoms with Gasteiger partial charge in [-0.3, -0.25) is 0 Å². The lowest BCUT2D eigenvalue weighted by Crippen LogP contribution is -2.24. The van der Waals surface area contributed by atoms with Crippen molar-refractivity contribution in [1.29, 1.82) is 0 Å². The van der Waals surface area contributed by atoms with Crippen molar-refractivity contribution in [2.45, 2.75) is 39.5 Å². The second kappa shape index (κ2) is 5.71. The van der Waals surface area contributed by atoms with Crippen LogP contribution in [0, 0.1) is 5.41 Å². The van der Waals surface area contributed by atoms with E-state index in [-0.39, 0.29) is 17.8 Å². The summed E-state index contributed by atoms with van der Waals surface area (Å²) in [6, 6.07) is 0. The first kappa shape index (κ1) is 13.9. The summed E-state index contributed by atoms with van der Waals surface area (Å²) in [6.07, 6.45) is 4.52. The molecule has 0 bridgehead atoms. The minimum atomic E-state index is -2.85. The Morgan fingerprint density at radius 1 is 1.21 bits per heavy atom. The summed E-state index contributed by atoms with van der Waals surface area (Å²) in [4.78, 5) is 0. The van der Waals surface area contributed by atoms with Crippen molar-refractivity contribution in [1.82, 2.24) is 0 Å². The van der Waals surface area contributed by atoms with Gasteiger partial charge in [0.25, 0.3) is 0 Å². The van der Waals surface area contributed by atoms with Gasteiger partial charge in [-0.25, -0.2) is 8.42 Å². The largest absolute Gasteiger partial charge is 0.396 e. The molecule has 86 valence electrons. The molecular formula is C10H22O3S. The quantitative estimate of drug-likeness (QED) is 0.712. The molecule has 0 heterocycles. The molecule has 0 saturated carbocycles. The average Bonchev–Trinajstić information content (AvgIpc) is 2.11. The van der Waals surface area contributed by atoms with Crippen LogP contribution in [0.1, 0.15) is 39.5 Å². The molecule has 0 atom stereocenters. The molecule has 0 aliphatic rings. The van der Waals surface area contributed by atoms with Gasteiger partial charge < -0.3 is 5.11 Å². The molecule has 0 unspecified atom stereocenters. The fourth-order valence-electron chi connectivity index (χ4n) is 1.62. The van der Waals surface area contributed by atoms with E-state index in [4.69, 9.17) is 0 Å². The molecule has 0 aromatic rings. The van der Waals surface area contributed by atoms with E-state index in [0.717, 1.165) is 19.3 Å². The Morgan fingerprint density at radius 2 is 1.71 bits per heavy atom. The fourth-order valence-corrected chi connectivity index (χ4v) is 2.28. The molecule has 0 spiro atoms. The smallest absolute Gasteiger partial charge is 0.147 e. The Kier molecular flexibility index (Phi) is 5.67. The molecule has 1 N–H and O–H groups in total. The van der Waals surface area contributed by atoms with Crippen molar-refractivity contribution in [3.63, 3.8) is 0 Å². The van der Waals surface area contributed by atoms with E-state index in [0.29, 0.717) is 6.42 Å². The summed E-state index contributed by atoms with van der Waals surface area (Å²) in [6.45, 7) is 4.24. The van der Waals surface area contributed by atoms with Gasteiger partial charge in [0.05, 0.1) is 0 Å². The Balaban J connectivity index is 4.08. The van der Waals surface area contributed by atoms with E-state index in [1.54, 1.807) is 0 Å². The van der Waals surface area contributed by atoms with Crippen LogP contribution in [0.2, 0.25) is 0 Å². The Hall–Kier alpha value is -0.0900. The van der Waals surface area contributed by atoms with Crippen molar-refractivity contribution in [3.05, 3.63) is 0 Å². The summed E-state index contributed by atoms with van der Waals surface area (Å²) >= 11 is 0. The van der Waals surface area contributed by atoms with Crippen LogP contribution in [-0.2, 0) is 9.84 Å². The van der Waals surface area contributed by atoms with Gasteiger partial charge in [-0.2, -0.15) is 0 Å². The third kappa shape index (κ3) is 4.96. The lowest BCUT2D eigenvalue weighted by molar-refractivity contribution is 0.105. The minimum absolute atomic E-state index is 0.0648. The van der Waals surface area contributed by atoms with Gasteiger partial charge in [0, 0.05) is 18.6 Å². The normalized spacial score (nSPS) is 13.1. The molecule has 0 aromatic carbocycles. The van der Waals surface area contributed by atoms with Gasteiger partial charge in [0.2, 0.25) is 0 Å². The number of aliphatic hydroxyl groups is 1. The van der Waals surface area contributed by atoms with Crippen LogP contribution < -0.4 is 0 Å². The van der Waals surface area contributed by atoms with E-state index < -0.39 is 9.84 Å². The maximum Gasteiger partial charge on any atom is 0.147 e. The Bertz CT molecular complexity index is 232. The second-order valence-corrected chi connectivity index (χ2v) is 6.36. The Morgan fingerprint density at radius 3 is 2.00 bits per heavy atom. The Labute approximate surface area is 87.4 Å². The molecule has 0 rings (SSSR count). The zero-order valence-electron chi connectivity index (χ0n) is 9.41. The predicted molar refractivity (Wildman–Crippen MR) is 59.0 cm³/mol. The van der Waals surface area contributed by atoms with Crippen LogP contribution in [0.4, 0.5) is 0 Å². The van der Waals surface area contributed by atoms with Gasteiger partial charge in [-0.15, -0.1) is 0 Å². The number of rotatable bonds is 7. The second-order valence-electron chi connectivity index (χ2n) is 4.10. The van der Waals surface area contributed by atoms with Crippen LogP contribution in [0.15, 0.2) is 0 Å². The van der Waals surface area contributed by atoms with Crippen LogP contribution in [0.3, 0.4) is 0 Å². The molecule has 0 aliphatic carbocycles. The van der Waals surface area contributed by atoms with Crippen LogP contribution in [0.5, 0.6) is 0 Å². The SMILES string of the molecule is CCC(CC)(CO)CCCS(C)(=O)=O. The molecule has 0 amide bonds. The van der Waals surface area contributed by atoms with Gasteiger partial charge in [-0.05, 0) is 31.1 Å². The third-order valence-corrected chi connectivity index (χ3v) is 4.09. The summed E-state index contributed by atoms with van der Waals surface area (Å²) < 4.78 is 21.8. The van der Waals surface area contributed by atoms with E-state index >= 15 is 0 Å². The van der Waals surface area contributed by atoms with Gasteiger partial charge in [0.15, 0.2) is 0 Å². The number of hydrogen-bond donors (Lipinski definition) is 1. The third-order valence-electron chi connectivity index (χ3n) is 3.06. The van der Waals surface area contributed by atoms with Crippen LogP contribution >= 0.6 is 0 Å². The van der Waals surface area contributed by atoms with Crippen molar-refractivity contribution < 1.29 is 13.5 Å². The first-order chi connectivity index (χ1) is 6.39.